The number of nitrogens with zero attached hydrogens (tertiary/aromatic N) is 3. The molecule has 3 N–H and O–H groups in total. The first-order chi connectivity index (χ1) is 21.2. The van der Waals surface area contributed by atoms with Crippen molar-refractivity contribution < 1.29 is 41.1 Å². The Morgan fingerprint density at radius 3 is 2.49 bits per heavy atom. The van der Waals surface area contributed by atoms with Crippen LogP contribution < -0.4 is 16.0 Å². The summed E-state index contributed by atoms with van der Waals surface area (Å²) in [6.45, 7) is 1.19. The van der Waals surface area contributed by atoms with Crippen molar-refractivity contribution in [3.05, 3.63) is 59.3 Å². The van der Waals surface area contributed by atoms with E-state index in [9.17, 15) is 27.6 Å². The van der Waals surface area contributed by atoms with Crippen LogP contribution in [0.15, 0.2) is 42.6 Å². The third-order valence-electron chi connectivity index (χ3n) is 8.19. The normalized spacial score (nSPS) is 21.8. The summed E-state index contributed by atoms with van der Waals surface area (Å²) in [6.07, 6.45) is -0.978. The van der Waals surface area contributed by atoms with Gasteiger partial charge >= 0.3 is 18.1 Å². The van der Waals surface area contributed by atoms with Gasteiger partial charge in [-0.15, -0.1) is 0 Å². The van der Waals surface area contributed by atoms with E-state index in [1.54, 1.807) is 6.07 Å². The predicted octanol–water partition coefficient (Wildman–Crippen LogP) is 4.64. The molecule has 2 aromatic rings. The maximum absolute atomic E-state index is 15.3. The van der Waals surface area contributed by atoms with Crippen molar-refractivity contribution in [3.63, 3.8) is 0 Å². The average molecular weight is 637 g/mol. The monoisotopic (exact) mass is 636 g/mol. The maximum atomic E-state index is 15.3. The number of nitriles is 1. The lowest BCUT2D eigenvalue weighted by molar-refractivity contribution is -0.150. The number of alkyl halides is 5. The second-order valence-corrected chi connectivity index (χ2v) is 11.4. The lowest BCUT2D eigenvalue weighted by Gasteiger charge is -2.33. The van der Waals surface area contributed by atoms with E-state index < -0.39 is 66.1 Å². The molecule has 10 nitrogen and oxygen atoms in total. The van der Waals surface area contributed by atoms with Gasteiger partial charge in [0.25, 0.3) is 5.91 Å². The van der Waals surface area contributed by atoms with Crippen LogP contribution in [0.1, 0.15) is 55.3 Å². The SMILES string of the molecule is COC[C@H](c1ccnc(NC(=O)[C@@H](NC(=O)C(F)(F)c2cccc(C#N)c2)C2CCC(C)CC2)c1)N1C[C@@H](C(F)(F)F)NC1=O. The predicted molar refractivity (Wildman–Crippen MR) is 151 cm³/mol. The molecule has 45 heavy (non-hydrogen) atoms. The highest BCUT2D eigenvalue weighted by molar-refractivity contribution is 5.98. The Morgan fingerprint density at radius 2 is 1.87 bits per heavy atom. The first-order valence-corrected chi connectivity index (χ1v) is 14.3. The number of carbonyl (C=O) groups is 3. The number of halogens is 5. The second kappa shape index (κ2) is 13.8. The Kier molecular flexibility index (Phi) is 10.3. The van der Waals surface area contributed by atoms with Gasteiger partial charge < -0.3 is 25.6 Å². The molecule has 1 aliphatic heterocycles. The number of rotatable bonds is 10. The van der Waals surface area contributed by atoms with E-state index in [0.717, 1.165) is 17.0 Å². The molecular formula is C30H33F5N6O4. The number of amides is 4. The molecule has 0 spiro atoms. The zero-order valence-electron chi connectivity index (χ0n) is 24.5. The Hall–Kier alpha value is -4.32. The molecule has 0 unspecified atom stereocenters. The van der Waals surface area contributed by atoms with Gasteiger partial charge in [0, 0.05) is 18.9 Å². The van der Waals surface area contributed by atoms with Gasteiger partial charge in [-0.25, -0.2) is 9.78 Å². The Bertz CT molecular complexity index is 1440. The largest absolute Gasteiger partial charge is 0.410 e. The first-order valence-electron chi connectivity index (χ1n) is 14.3. The number of pyridine rings is 1. The van der Waals surface area contributed by atoms with Crippen LogP contribution in [0.3, 0.4) is 0 Å². The summed E-state index contributed by atoms with van der Waals surface area (Å²) in [6, 6.07) is 3.65. The molecule has 1 aromatic heterocycles. The lowest BCUT2D eigenvalue weighted by Crippen LogP contribution is -2.53. The highest BCUT2D eigenvalue weighted by atomic mass is 19.4. The molecule has 0 bridgehead atoms. The van der Waals surface area contributed by atoms with Crippen molar-refractivity contribution in [1.29, 1.82) is 5.26 Å². The fourth-order valence-electron chi connectivity index (χ4n) is 5.63. The van der Waals surface area contributed by atoms with Crippen LogP contribution in [0.4, 0.5) is 32.6 Å². The van der Waals surface area contributed by atoms with Crippen LogP contribution >= 0.6 is 0 Å². The third kappa shape index (κ3) is 7.86. The molecule has 2 fully saturated rings. The summed E-state index contributed by atoms with van der Waals surface area (Å²) in [4.78, 5) is 44.0. The number of anilines is 1. The van der Waals surface area contributed by atoms with Gasteiger partial charge in [-0.2, -0.15) is 27.2 Å². The van der Waals surface area contributed by atoms with Gasteiger partial charge in [0.05, 0.1) is 30.8 Å². The first kappa shape index (κ1) is 33.6. The standard InChI is InChI=1S/C30H33F5N6O4/c1-17-6-8-19(9-7-17)25(40-27(43)29(31,32)21-5-3-4-18(12-21)14-36)26(42)39-24-13-20(10-11-37-24)22(16-45-2)41-15-23(30(33,34)35)38-28(41)44/h3-5,10-13,17,19,22-23,25H,6-9,15-16H2,1-2H3,(H,38,44)(H,40,43)(H,37,39,42)/t17?,19?,22-,23+,25+/m1/s1. The zero-order chi connectivity index (χ0) is 32.9. The van der Waals surface area contributed by atoms with Crippen molar-refractivity contribution in [2.24, 2.45) is 11.8 Å². The van der Waals surface area contributed by atoms with Gasteiger partial charge in [0.2, 0.25) is 5.91 Å². The Morgan fingerprint density at radius 1 is 1.16 bits per heavy atom. The van der Waals surface area contributed by atoms with Crippen LogP contribution in [0.25, 0.3) is 0 Å². The van der Waals surface area contributed by atoms with Gasteiger partial charge in [0.1, 0.15) is 17.9 Å². The minimum absolute atomic E-state index is 0.0615. The Labute approximate surface area is 256 Å². The molecule has 15 heteroatoms. The van der Waals surface area contributed by atoms with Gasteiger partial charge in [0.15, 0.2) is 0 Å². The fourth-order valence-corrected chi connectivity index (χ4v) is 5.63. The molecule has 242 valence electrons. The van der Waals surface area contributed by atoms with Gasteiger partial charge in [-0.1, -0.05) is 31.9 Å². The van der Waals surface area contributed by atoms with E-state index in [2.05, 4.69) is 15.6 Å². The van der Waals surface area contributed by atoms with Crippen LogP contribution in [0.5, 0.6) is 0 Å². The molecule has 4 amide bonds. The quantitative estimate of drug-likeness (QED) is 0.325. The summed E-state index contributed by atoms with van der Waals surface area (Å²) >= 11 is 0. The van der Waals surface area contributed by atoms with Crippen LogP contribution in [0, 0.1) is 23.2 Å². The number of carbonyl (C=O) groups excluding carboxylic acids is 3. The van der Waals surface area contributed by atoms with E-state index in [1.165, 1.54) is 37.6 Å². The minimum Gasteiger partial charge on any atom is -0.382 e. The fraction of sp³-hybridized carbons (Fsp3) is 0.500. The van der Waals surface area contributed by atoms with Crippen molar-refractivity contribution >= 4 is 23.7 Å². The molecule has 2 heterocycles. The molecular weight excluding hydrogens is 603 g/mol. The topological polar surface area (TPSA) is 136 Å². The van der Waals surface area contributed by atoms with E-state index in [-0.39, 0.29) is 18.0 Å². The number of benzene rings is 1. The summed E-state index contributed by atoms with van der Waals surface area (Å²) in [5.74, 6) is -6.76. The van der Waals surface area contributed by atoms with Gasteiger partial charge in [-0.3, -0.25) is 9.59 Å². The molecule has 2 aliphatic rings. The van der Waals surface area contributed by atoms with E-state index in [0.29, 0.717) is 37.2 Å². The number of ether oxygens (including phenoxy) is 1. The van der Waals surface area contributed by atoms with Crippen LogP contribution in [-0.2, 0) is 20.2 Å². The molecule has 1 aliphatic carbocycles. The van der Waals surface area contributed by atoms with Crippen molar-refractivity contribution in [3.8, 4) is 6.07 Å². The summed E-state index contributed by atoms with van der Waals surface area (Å²) in [5.41, 5.74) is -0.461. The van der Waals surface area contributed by atoms with E-state index in [4.69, 9.17) is 10.00 Å². The maximum Gasteiger partial charge on any atom is 0.410 e. The smallest absolute Gasteiger partial charge is 0.382 e. The number of hydrogen-bond donors (Lipinski definition) is 3. The van der Waals surface area contributed by atoms with Gasteiger partial charge in [-0.05, 0) is 54.5 Å². The molecule has 1 saturated heterocycles. The molecule has 4 rings (SSSR count). The van der Waals surface area contributed by atoms with Crippen LogP contribution in [0.2, 0.25) is 0 Å². The molecule has 1 aromatic carbocycles. The highest BCUT2D eigenvalue weighted by Gasteiger charge is 2.49. The number of nitrogens with one attached hydrogen (secondary N) is 3. The molecule has 3 atom stereocenters. The number of methoxy groups -OCH3 is 1. The number of urea groups is 1. The Balaban J connectivity index is 1.56. The van der Waals surface area contributed by atoms with E-state index in [1.807, 2.05) is 12.2 Å². The average Bonchev–Trinajstić information content (AvgIpc) is 3.40. The molecule has 1 saturated carbocycles. The van der Waals surface area contributed by atoms with Crippen LogP contribution in [-0.4, -0.2) is 66.3 Å². The van der Waals surface area contributed by atoms with Crippen molar-refractivity contribution in [2.75, 3.05) is 25.6 Å². The van der Waals surface area contributed by atoms with Crippen molar-refractivity contribution in [2.45, 2.75) is 62.8 Å². The lowest BCUT2D eigenvalue weighted by atomic mass is 9.79. The summed E-state index contributed by atoms with van der Waals surface area (Å²) in [7, 11) is 1.32. The zero-order valence-corrected chi connectivity index (χ0v) is 24.5. The van der Waals surface area contributed by atoms with E-state index >= 15 is 8.78 Å². The minimum atomic E-state index is -4.66. The second-order valence-electron chi connectivity index (χ2n) is 11.4. The third-order valence-corrected chi connectivity index (χ3v) is 8.19. The van der Waals surface area contributed by atoms with Crippen molar-refractivity contribution in [1.82, 2.24) is 20.5 Å². The number of hydrogen-bond acceptors (Lipinski definition) is 6. The summed E-state index contributed by atoms with van der Waals surface area (Å²) in [5, 5.41) is 15.8. The highest BCUT2D eigenvalue weighted by Crippen LogP contribution is 2.34. The molecule has 0 radical (unpaired) electrons. The summed E-state index contributed by atoms with van der Waals surface area (Å²) < 4.78 is 75.6. The number of aromatic nitrogens is 1.